The van der Waals surface area contributed by atoms with E-state index in [1.165, 1.54) is 34.4 Å². The second-order valence-corrected chi connectivity index (χ2v) is 10.7. The van der Waals surface area contributed by atoms with Gasteiger partial charge >= 0.3 is 0 Å². The van der Waals surface area contributed by atoms with Gasteiger partial charge in [0.15, 0.2) is 4.34 Å². The summed E-state index contributed by atoms with van der Waals surface area (Å²) in [6, 6.07) is 0. The van der Waals surface area contributed by atoms with E-state index in [0.29, 0.717) is 21.4 Å². The fraction of sp³-hybridized carbons (Fsp3) is 0.556. The first kappa shape index (κ1) is 20.6. The van der Waals surface area contributed by atoms with E-state index in [1.807, 2.05) is 6.92 Å². The first-order chi connectivity index (χ1) is 14.0. The number of thiophene rings is 1. The molecule has 0 aromatic carbocycles. The number of thioether (sulfide) groups is 1. The maximum Gasteiger partial charge on any atom is 0.251 e. The topological polar surface area (TPSA) is 119 Å². The highest BCUT2D eigenvalue weighted by atomic mass is 32.2. The average molecular weight is 454 g/mol. The minimum absolute atomic E-state index is 0.179. The number of carbonyl (C=O) groups is 2. The molecule has 2 aromatic heterocycles. The van der Waals surface area contributed by atoms with Crippen LogP contribution in [0.4, 0.5) is 10.1 Å². The van der Waals surface area contributed by atoms with Crippen molar-refractivity contribution in [3.8, 4) is 0 Å². The molecule has 1 saturated heterocycles. The van der Waals surface area contributed by atoms with Gasteiger partial charge in [-0.15, -0.1) is 21.5 Å². The van der Waals surface area contributed by atoms with Crippen LogP contribution < -0.4 is 16.4 Å². The number of hydrogen-bond donors (Lipinski definition) is 3. The lowest BCUT2D eigenvalue weighted by atomic mass is 10.1. The molecule has 4 rings (SSSR count). The molecule has 0 radical (unpaired) electrons. The number of carbonyl (C=O) groups excluding carboxylic acids is 2. The van der Waals surface area contributed by atoms with Crippen molar-refractivity contribution in [2.75, 3.05) is 23.8 Å². The normalized spacial score (nSPS) is 19.1. The lowest BCUT2D eigenvalue weighted by molar-refractivity contribution is -0.115. The number of nitrogens with two attached hydrogens (primary N) is 1. The van der Waals surface area contributed by atoms with Crippen LogP contribution in [0.5, 0.6) is 0 Å². The zero-order chi connectivity index (χ0) is 20.4. The number of aryl methyl sites for hydroxylation is 1. The summed E-state index contributed by atoms with van der Waals surface area (Å²) in [5, 5.41) is 15.3. The van der Waals surface area contributed by atoms with Crippen LogP contribution in [0.15, 0.2) is 4.34 Å². The summed E-state index contributed by atoms with van der Waals surface area (Å²) in [5.41, 5.74) is 7.04. The van der Waals surface area contributed by atoms with Gasteiger partial charge in [0, 0.05) is 18.0 Å². The molecule has 29 heavy (non-hydrogen) atoms. The third-order valence-corrected chi connectivity index (χ3v) is 8.24. The molecule has 1 aliphatic heterocycles. The van der Waals surface area contributed by atoms with Crippen LogP contribution in [0.1, 0.15) is 47.0 Å². The largest absolute Gasteiger partial charge is 0.376 e. The predicted molar refractivity (Wildman–Crippen MR) is 116 cm³/mol. The molecular formula is C18H23N5O3S3. The zero-order valence-electron chi connectivity index (χ0n) is 16.0. The number of fused-ring (bicyclic) bond motifs is 1. The van der Waals surface area contributed by atoms with E-state index in [1.54, 1.807) is 0 Å². The van der Waals surface area contributed by atoms with Gasteiger partial charge in [-0.2, -0.15) is 0 Å². The van der Waals surface area contributed by atoms with Gasteiger partial charge < -0.3 is 21.1 Å². The van der Waals surface area contributed by atoms with Gasteiger partial charge in [0.25, 0.3) is 5.91 Å². The summed E-state index contributed by atoms with van der Waals surface area (Å²) in [4.78, 5) is 25.7. The number of primary amides is 1. The van der Waals surface area contributed by atoms with Crippen LogP contribution in [0.3, 0.4) is 0 Å². The van der Waals surface area contributed by atoms with Gasteiger partial charge in [-0.05, 0) is 44.6 Å². The molecule has 2 amide bonds. The van der Waals surface area contributed by atoms with E-state index in [-0.39, 0.29) is 17.3 Å². The Morgan fingerprint density at radius 2 is 2.17 bits per heavy atom. The van der Waals surface area contributed by atoms with Crippen LogP contribution in [0, 0.1) is 0 Å². The number of anilines is 2. The SMILES string of the molecule is C[C@H](Sc1nnc(NC[C@@H]2CCCO2)s1)C(=O)Nc1sc2c(c1C(N)=O)CCC2. The van der Waals surface area contributed by atoms with E-state index >= 15 is 0 Å². The first-order valence-electron chi connectivity index (χ1n) is 9.62. The van der Waals surface area contributed by atoms with Crippen molar-refractivity contribution in [2.45, 2.75) is 54.7 Å². The Morgan fingerprint density at radius 1 is 1.31 bits per heavy atom. The highest BCUT2D eigenvalue weighted by molar-refractivity contribution is 8.02. The molecule has 4 N–H and O–H groups in total. The molecule has 11 heteroatoms. The molecular weight excluding hydrogens is 430 g/mol. The molecule has 156 valence electrons. The number of rotatable bonds is 8. The van der Waals surface area contributed by atoms with Crippen molar-refractivity contribution in [1.29, 1.82) is 0 Å². The van der Waals surface area contributed by atoms with E-state index < -0.39 is 5.91 Å². The highest BCUT2D eigenvalue weighted by Crippen LogP contribution is 2.39. The molecule has 0 bridgehead atoms. The van der Waals surface area contributed by atoms with Crippen molar-refractivity contribution in [2.24, 2.45) is 5.73 Å². The molecule has 2 aliphatic rings. The Labute approximate surface area is 181 Å². The summed E-state index contributed by atoms with van der Waals surface area (Å²) >= 11 is 4.23. The Kier molecular flexibility index (Phi) is 6.38. The average Bonchev–Trinajstić information content (AvgIpc) is 3.44. The second-order valence-electron chi connectivity index (χ2n) is 7.06. The smallest absolute Gasteiger partial charge is 0.251 e. The number of aromatic nitrogens is 2. The van der Waals surface area contributed by atoms with E-state index in [2.05, 4.69) is 20.8 Å². The Bertz CT molecular complexity index is 907. The van der Waals surface area contributed by atoms with E-state index in [4.69, 9.17) is 10.5 Å². The maximum absolute atomic E-state index is 12.7. The minimum atomic E-state index is -0.480. The second kappa shape index (κ2) is 8.99. The van der Waals surface area contributed by atoms with Crippen molar-refractivity contribution in [1.82, 2.24) is 10.2 Å². The summed E-state index contributed by atoms with van der Waals surface area (Å²) in [7, 11) is 0. The number of ether oxygens (including phenoxy) is 1. The fourth-order valence-corrected chi connectivity index (χ4v) is 6.71. The number of nitrogens with one attached hydrogen (secondary N) is 2. The number of nitrogens with zero attached hydrogens (tertiary/aromatic N) is 2. The molecule has 1 aliphatic carbocycles. The standard InChI is InChI=1S/C18H23N5O3S3/c1-9(27-18-23-22-17(29-18)20-8-10-4-3-7-26-10)15(25)21-16-13(14(19)24)11-5-2-6-12(11)28-16/h9-10H,2-8H2,1H3,(H2,19,24)(H,20,22)(H,21,25)/t9-,10-/m0/s1. The van der Waals surface area contributed by atoms with Crippen molar-refractivity contribution in [3.63, 3.8) is 0 Å². The van der Waals surface area contributed by atoms with Crippen LogP contribution in [0.2, 0.25) is 0 Å². The molecule has 0 saturated carbocycles. The van der Waals surface area contributed by atoms with Gasteiger partial charge in [0.1, 0.15) is 5.00 Å². The molecule has 1 fully saturated rings. The van der Waals surface area contributed by atoms with E-state index in [0.717, 1.165) is 54.3 Å². The van der Waals surface area contributed by atoms with Gasteiger partial charge in [-0.25, -0.2) is 0 Å². The molecule has 2 atom stereocenters. The molecule has 0 unspecified atom stereocenters. The molecule has 3 heterocycles. The molecule has 0 spiro atoms. The Morgan fingerprint density at radius 3 is 2.93 bits per heavy atom. The van der Waals surface area contributed by atoms with Crippen LogP contribution in [-0.2, 0) is 22.4 Å². The van der Waals surface area contributed by atoms with Crippen LogP contribution in [-0.4, -0.2) is 46.5 Å². The predicted octanol–water partition coefficient (Wildman–Crippen LogP) is 2.90. The molecule has 2 aromatic rings. The fourth-order valence-electron chi connectivity index (χ4n) is 3.51. The van der Waals surface area contributed by atoms with Crippen molar-refractivity contribution >= 4 is 56.4 Å². The van der Waals surface area contributed by atoms with Crippen LogP contribution in [0.25, 0.3) is 0 Å². The summed E-state index contributed by atoms with van der Waals surface area (Å²) in [5.74, 6) is -0.660. The van der Waals surface area contributed by atoms with Gasteiger partial charge in [-0.3, -0.25) is 9.59 Å². The quantitative estimate of drug-likeness (QED) is 0.526. The van der Waals surface area contributed by atoms with E-state index in [9.17, 15) is 9.59 Å². The van der Waals surface area contributed by atoms with Crippen molar-refractivity contribution in [3.05, 3.63) is 16.0 Å². The minimum Gasteiger partial charge on any atom is -0.376 e. The number of hydrogen-bond acceptors (Lipinski definition) is 9. The van der Waals surface area contributed by atoms with Gasteiger partial charge in [-0.1, -0.05) is 23.1 Å². The Hall–Kier alpha value is -1.69. The zero-order valence-corrected chi connectivity index (χ0v) is 18.5. The lowest BCUT2D eigenvalue weighted by Crippen LogP contribution is -2.24. The first-order valence-corrected chi connectivity index (χ1v) is 12.1. The lowest BCUT2D eigenvalue weighted by Gasteiger charge is -2.10. The molecule has 8 nitrogen and oxygen atoms in total. The van der Waals surface area contributed by atoms with Crippen molar-refractivity contribution < 1.29 is 14.3 Å². The summed E-state index contributed by atoms with van der Waals surface area (Å²) in [6.07, 6.45) is 5.20. The summed E-state index contributed by atoms with van der Waals surface area (Å²) < 4.78 is 6.30. The van der Waals surface area contributed by atoms with Gasteiger partial charge in [0.05, 0.1) is 16.9 Å². The summed E-state index contributed by atoms with van der Waals surface area (Å²) in [6.45, 7) is 3.35. The number of amides is 2. The van der Waals surface area contributed by atoms with Gasteiger partial charge in [0.2, 0.25) is 11.0 Å². The Balaban J connectivity index is 1.34. The highest BCUT2D eigenvalue weighted by Gasteiger charge is 2.27. The monoisotopic (exact) mass is 453 g/mol. The van der Waals surface area contributed by atoms with Crippen LogP contribution >= 0.6 is 34.4 Å². The third kappa shape index (κ3) is 4.73. The maximum atomic E-state index is 12.7. The third-order valence-electron chi connectivity index (χ3n) is 4.96.